The molecule has 0 saturated heterocycles. The van der Waals surface area contributed by atoms with Gasteiger partial charge in [-0.3, -0.25) is 10.1 Å². The summed E-state index contributed by atoms with van der Waals surface area (Å²) in [7, 11) is 0. The van der Waals surface area contributed by atoms with Gasteiger partial charge in [0.1, 0.15) is 5.69 Å². The summed E-state index contributed by atoms with van der Waals surface area (Å²) in [5.41, 5.74) is 0.807. The van der Waals surface area contributed by atoms with E-state index < -0.39 is 16.4 Å². The van der Waals surface area contributed by atoms with Crippen molar-refractivity contribution < 1.29 is 9.31 Å². The molecule has 0 unspecified atom stereocenters. The lowest BCUT2D eigenvalue weighted by Gasteiger charge is -2.07. The summed E-state index contributed by atoms with van der Waals surface area (Å²) >= 11 is 0. The number of hydrogen-bond acceptors (Lipinski definition) is 4. The van der Waals surface area contributed by atoms with Crippen molar-refractivity contribution in [2.45, 2.75) is 6.54 Å². The van der Waals surface area contributed by atoms with Crippen molar-refractivity contribution >= 4 is 11.4 Å². The summed E-state index contributed by atoms with van der Waals surface area (Å²) in [6, 6.07) is 12.7. The molecule has 0 saturated carbocycles. The molecule has 1 N–H and O–H groups in total. The minimum atomic E-state index is -0.884. The van der Waals surface area contributed by atoms with Crippen molar-refractivity contribution in [3.8, 4) is 6.07 Å². The van der Waals surface area contributed by atoms with Crippen LogP contribution < -0.4 is 5.32 Å². The van der Waals surface area contributed by atoms with E-state index in [0.717, 1.165) is 11.6 Å². The molecule has 0 atom stereocenters. The molecule has 0 radical (unpaired) electrons. The standard InChI is InChI=1S/C14H10FN3O2/c15-12-5-2-6-13(14(12)18(19)20)17-9-11-4-1-3-10(7-11)8-16/h1-7,17H,9H2. The number of halogens is 1. The fourth-order valence-corrected chi connectivity index (χ4v) is 1.79. The van der Waals surface area contributed by atoms with Crippen molar-refractivity contribution in [3.05, 3.63) is 69.5 Å². The summed E-state index contributed by atoms with van der Waals surface area (Å²) in [6.45, 7) is 0.264. The largest absolute Gasteiger partial charge is 0.375 e. The van der Waals surface area contributed by atoms with Crippen LogP contribution in [0.15, 0.2) is 42.5 Å². The zero-order valence-corrected chi connectivity index (χ0v) is 10.3. The number of nitro groups is 1. The van der Waals surface area contributed by atoms with E-state index in [4.69, 9.17) is 5.26 Å². The molecular weight excluding hydrogens is 261 g/mol. The van der Waals surface area contributed by atoms with Crippen LogP contribution in [0.1, 0.15) is 11.1 Å². The maximum atomic E-state index is 13.4. The van der Waals surface area contributed by atoms with Gasteiger partial charge in [-0.25, -0.2) is 0 Å². The van der Waals surface area contributed by atoms with Crippen LogP contribution in [0.3, 0.4) is 0 Å². The molecule has 0 spiro atoms. The second-order valence-corrected chi connectivity index (χ2v) is 4.06. The molecule has 0 heterocycles. The molecule has 2 aromatic carbocycles. The average Bonchev–Trinajstić information content (AvgIpc) is 2.45. The second kappa shape index (κ2) is 5.80. The van der Waals surface area contributed by atoms with E-state index in [0.29, 0.717) is 5.56 Å². The summed E-state index contributed by atoms with van der Waals surface area (Å²) in [6.07, 6.45) is 0. The summed E-state index contributed by atoms with van der Waals surface area (Å²) in [4.78, 5) is 10.1. The number of hydrogen-bond donors (Lipinski definition) is 1. The van der Waals surface area contributed by atoms with E-state index in [9.17, 15) is 14.5 Å². The van der Waals surface area contributed by atoms with Crippen molar-refractivity contribution in [2.75, 3.05) is 5.32 Å². The van der Waals surface area contributed by atoms with Gasteiger partial charge in [-0.15, -0.1) is 0 Å². The van der Waals surface area contributed by atoms with E-state index >= 15 is 0 Å². The molecule has 0 bridgehead atoms. The highest BCUT2D eigenvalue weighted by molar-refractivity contribution is 5.62. The van der Waals surface area contributed by atoms with Gasteiger partial charge in [-0.2, -0.15) is 9.65 Å². The van der Waals surface area contributed by atoms with Crippen LogP contribution in [0.2, 0.25) is 0 Å². The predicted molar refractivity (Wildman–Crippen MR) is 71.5 cm³/mol. The summed E-state index contributed by atoms with van der Waals surface area (Å²) in [5.74, 6) is -0.884. The van der Waals surface area contributed by atoms with E-state index in [1.807, 2.05) is 6.07 Å². The molecule has 0 amide bonds. The van der Waals surface area contributed by atoms with Crippen LogP contribution in [0.5, 0.6) is 0 Å². The average molecular weight is 271 g/mol. The lowest BCUT2D eigenvalue weighted by Crippen LogP contribution is -2.04. The quantitative estimate of drug-likeness (QED) is 0.684. The topological polar surface area (TPSA) is 79.0 Å². The fourth-order valence-electron chi connectivity index (χ4n) is 1.79. The van der Waals surface area contributed by atoms with Crippen LogP contribution in [-0.2, 0) is 6.54 Å². The Hall–Kier alpha value is -2.94. The van der Waals surface area contributed by atoms with Gasteiger partial charge in [0.2, 0.25) is 5.82 Å². The number of para-hydroxylation sites is 1. The molecule has 0 aliphatic carbocycles. The summed E-state index contributed by atoms with van der Waals surface area (Å²) in [5, 5.41) is 22.4. The van der Waals surface area contributed by atoms with Gasteiger partial charge in [0.05, 0.1) is 16.6 Å². The van der Waals surface area contributed by atoms with Crippen LogP contribution in [0, 0.1) is 27.3 Å². The van der Waals surface area contributed by atoms with Gasteiger partial charge >= 0.3 is 5.69 Å². The molecule has 6 heteroatoms. The molecule has 0 aliphatic rings. The van der Waals surface area contributed by atoms with Crippen molar-refractivity contribution in [1.82, 2.24) is 0 Å². The first-order valence-electron chi connectivity index (χ1n) is 5.77. The SMILES string of the molecule is N#Cc1cccc(CNc2cccc(F)c2[N+](=O)[O-])c1. The van der Waals surface area contributed by atoms with Crippen LogP contribution >= 0.6 is 0 Å². The van der Waals surface area contributed by atoms with E-state index in [2.05, 4.69) is 5.32 Å². The molecule has 5 nitrogen and oxygen atoms in total. The zero-order chi connectivity index (χ0) is 14.5. The Labute approximate surface area is 114 Å². The van der Waals surface area contributed by atoms with E-state index in [1.165, 1.54) is 12.1 Å². The van der Waals surface area contributed by atoms with Gasteiger partial charge in [-0.05, 0) is 29.8 Å². The van der Waals surface area contributed by atoms with Gasteiger partial charge in [-0.1, -0.05) is 18.2 Å². The molecular formula is C14H10FN3O2. The molecule has 2 rings (SSSR count). The number of nitro benzene ring substituents is 1. The van der Waals surface area contributed by atoms with Crippen LogP contribution in [0.25, 0.3) is 0 Å². The number of benzene rings is 2. The van der Waals surface area contributed by atoms with Crippen molar-refractivity contribution in [2.24, 2.45) is 0 Å². The molecule has 20 heavy (non-hydrogen) atoms. The third kappa shape index (κ3) is 2.90. The Bertz CT molecular complexity index is 695. The summed E-state index contributed by atoms with van der Waals surface area (Å²) < 4.78 is 13.4. The first-order chi connectivity index (χ1) is 9.61. The van der Waals surface area contributed by atoms with E-state index in [-0.39, 0.29) is 12.2 Å². The zero-order valence-electron chi connectivity index (χ0n) is 10.3. The van der Waals surface area contributed by atoms with E-state index in [1.54, 1.807) is 24.3 Å². The van der Waals surface area contributed by atoms with Crippen LogP contribution in [0.4, 0.5) is 15.8 Å². The highest BCUT2D eigenvalue weighted by atomic mass is 19.1. The number of nitrogens with zero attached hydrogens (tertiary/aromatic N) is 2. The Morgan fingerprint density at radius 1 is 1.30 bits per heavy atom. The molecule has 0 fully saturated rings. The molecule has 2 aromatic rings. The van der Waals surface area contributed by atoms with Gasteiger partial charge in [0, 0.05) is 6.54 Å². The maximum Gasteiger partial charge on any atom is 0.327 e. The molecule has 0 aliphatic heterocycles. The lowest BCUT2D eigenvalue weighted by molar-refractivity contribution is -0.386. The number of anilines is 1. The van der Waals surface area contributed by atoms with Gasteiger partial charge < -0.3 is 5.32 Å². The molecule has 100 valence electrons. The predicted octanol–water partition coefficient (Wildman–Crippen LogP) is 3.22. The third-order valence-electron chi connectivity index (χ3n) is 2.71. The Morgan fingerprint density at radius 2 is 2.05 bits per heavy atom. The fraction of sp³-hybridized carbons (Fsp3) is 0.0714. The number of nitrogens with one attached hydrogen (secondary N) is 1. The maximum absolute atomic E-state index is 13.4. The smallest absolute Gasteiger partial charge is 0.327 e. The van der Waals surface area contributed by atoms with Crippen molar-refractivity contribution in [1.29, 1.82) is 5.26 Å². The minimum absolute atomic E-state index is 0.109. The van der Waals surface area contributed by atoms with Gasteiger partial charge in [0.15, 0.2) is 0 Å². The first kappa shape index (κ1) is 13.5. The third-order valence-corrected chi connectivity index (χ3v) is 2.71. The van der Waals surface area contributed by atoms with Gasteiger partial charge in [0.25, 0.3) is 0 Å². The Balaban J connectivity index is 2.21. The highest BCUT2D eigenvalue weighted by Crippen LogP contribution is 2.27. The number of rotatable bonds is 4. The second-order valence-electron chi connectivity index (χ2n) is 4.06. The normalized spacial score (nSPS) is 9.80. The monoisotopic (exact) mass is 271 g/mol. The first-order valence-corrected chi connectivity index (χ1v) is 5.77. The minimum Gasteiger partial charge on any atom is -0.375 e. The van der Waals surface area contributed by atoms with Crippen molar-refractivity contribution in [3.63, 3.8) is 0 Å². The Kier molecular flexibility index (Phi) is 3.91. The molecule has 0 aromatic heterocycles. The Morgan fingerprint density at radius 3 is 2.75 bits per heavy atom. The number of nitriles is 1. The van der Waals surface area contributed by atoms with Crippen LogP contribution in [-0.4, -0.2) is 4.92 Å². The lowest BCUT2D eigenvalue weighted by atomic mass is 10.1. The highest BCUT2D eigenvalue weighted by Gasteiger charge is 2.19.